The van der Waals surface area contributed by atoms with Crippen LogP contribution in [0.1, 0.15) is 99.7 Å². The second kappa shape index (κ2) is 13.0. The number of hydrazine groups is 1. The van der Waals surface area contributed by atoms with Crippen LogP contribution in [0.15, 0.2) is 84.9 Å². The van der Waals surface area contributed by atoms with E-state index in [4.69, 9.17) is 0 Å². The van der Waals surface area contributed by atoms with Crippen molar-refractivity contribution in [3.63, 3.8) is 0 Å². The number of amides is 3. The minimum Gasteiger partial charge on any atom is -0.508 e. The summed E-state index contributed by atoms with van der Waals surface area (Å²) in [5, 5.41) is 12.7. The van der Waals surface area contributed by atoms with Gasteiger partial charge in [0.05, 0.1) is 6.54 Å². The standard InChI is InChI=1S/C43H44N4O4/c48-36-14-16-38-31(22-36)11-15-37(29-5-2-1-3-6-29)42(38)30-9-12-35(13-10-30)45-19-17-28(18-20-45)24-44-25-32-21-34-27-46(43(51)39(34)23-33(32)26-44)47-40(49)7-4-8-41(47)50/h1-3,5-6,9-10,12-14,16,21-23,28,37,42,48H,4,7-8,11,15,17-20,24-27H2/t37-,42+/m1/s1. The highest BCUT2D eigenvalue weighted by Gasteiger charge is 2.40. The molecule has 1 aliphatic carbocycles. The average Bonchev–Trinajstić information content (AvgIpc) is 3.69. The number of phenolic OH excluding ortho intramolecular Hbond substituents is 1. The first-order chi connectivity index (χ1) is 24.9. The lowest BCUT2D eigenvalue weighted by atomic mass is 9.69. The lowest BCUT2D eigenvalue weighted by Crippen LogP contribution is -2.52. The van der Waals surface area contributed by atoms with Crippen LogP contribution in [0.4, 0.5) is 5.69 Å². The van der Waals surface area contributed by atoms with E-state index in [9.17, 15) is 19.5 Å². The number of phenols is 1. The van der Waals surface area contributed by atoms with Gasteiger partial charge in [-0.05, 0) is 113 Å². The van der Waals surface area contributed by atoms with Gasteiger partial charge in [0.25, 0.3) is 5.91 Å². The molecule has 0 radical (unpaired) electrons. The summed E-state index contributed by atoms with van der Waals surface area (Å²) in [5.74, 6) is 0.818. The summed E-state index contributed by atoms with van der Waals surface area (Å²) in [6, 6.07) is 30.2. The van der Waals surface area contributed by atoms with Crippen molar-refractivity contribution in [3.8, 4) is 5.75 Å². The van der Waals surface area contributed by atoms with Crippen LogP contribution in [0.2, 0.25) is 0 Å². The van der Waals surface area contributed by atoms with E-state index in [0.29, 0.717) is 42.4 Å². The number of aromatic hydroxyl groups is 1. The van der Waals surface area contributed by atoms with Gasteiger partial charge in [-0.1, -0.05) is 54.6 Å². The molecule has 8 nitrogen and oxygen atoms in total. The predicted octanol–water partition coefficient (Wildman–Crippen LogP) is 6.90. The minimum absolute atomic E-state index is 0.241. The monoisotopic (exact) mass is 680 g/mol. The van der Waals surface area contributed by atoms with Gasteiger partial charge in [-0.3, -0.25) is 19.3 Å². The highest BCUT2D eigenvalue weighted by atomic mass is 16.3. The van der Waals surface area contributed by atoms with Gasteiger partial charge in [-0.2, -0.15) is 5.01 Å². The second-order valence-electron chi connectivity index (χ2n) is 15.2. The van der Waals surface area contributed by atoms with Gasteiger partial charge in [-0.15, -0.1) is 0 Å². The van der Waals surface area contributed by atoms with Crippen molar-refractivity contribution in [1.82, 2.24) is 14.9 Å². The molecule has 2 saturated heterocycles. The maximum absolute atomic E-state index is 13.3. The van der Waals surface area contributed by atoms with Crippen molar-refractivity contribution in [1.29, 1.82) is 0 Å². The number of benzene rings is 4. The Balaban J connectivity index is 0.829. The van der Waals surface area contributed by atoms with Crippen LogP contribution in [0.5, 0.6) is 5.75 Å². The van der Waals surface area contributed by atoms with Gasteiger partial charge < -0.3 is 10.0 Å². The molecule has 0 spiro atoms. The Hall–Kier alpha value is -4.95. The number of aryl methyl sites for hydroxylation is 1. The van der Waals surface area contributed by atoms with Crippen LogP contribution in [-0.4, -0.2) is 57.4 Å². The number of piperidine rings is 2. The van der Waals surface area contributed by atoms with Crippen molar-refractivity contribution in [2.45, 2.75) is 76.4 Å². The molecule has 4 aliphatic heterocycles. The quantitative estimate of drug-likeness (QED) is 0.223. The van der Waals surface area contributed by atoms with Gasteiger partial charge in [0.15, 0.2) is 0 Å². The normalized spacial score (nSPS) is 22.4. The van der Waals surface area contributed by atoms with E-state index in [1.54, 1.807) is 0 Å². The van der Waals surface area contributed by atoms with Crippen LogP contribution >= 0.6 is 0 Å². The molecule has 9 rings (SSSR count). The smallest absolute Gasteiger partial charge is 0.273 e. The molecule has 4 aromatic carbocycles. The number of carbonyl (C=O) groups is 3. The summed E-state index contributed by atoms with van der Waals surface area (Å²) in [6.45, 7) is 5.09. The summed E-state index contributed by atoms with van der Waals surface area (Å²) in [5.41, 5.74) is 10.6. The lowest BCUT2D eigenvalue weighted by molar-refractivity contribution is -0.163. The molecule has 4 aromatic rings. The molecule has 0 saturated carbocycles. The van der Waals surface area contributed by atoms with E-state index in [-0.39, 0.29) is 30.2 Å². The maximum Gasteiger partial charge on any atom is 0.273 e. The Morgan fingerprint density at radius 2 is 1.39 bits per heavy atom. The molecule has 4 heterocycles. The van der Waals surface area contributed by atoms with Crippen LogP contribution in [0.25, 0.3) is 0 Å². The Labute approximate surface area is 299 Å². The van der Waals surface area contributed by atoms with Crippen molar-refractivity contribution in [2.75, 3.05) is 24.5 Å². The molecule has 8 heteroatoms. The topological polar surface area (TPSA) is 84.4 Å². The Morgan fingerprint density at radius 3 is 2.14 bits per heavy atom. The summed E-state index contributed by atoms with van der Waals surface area (Å²) >= 11 is 0. The van der Waals surface area contributed by atoms with Crippen LogP contribution in [-0.2, 0) is 35.6 Å². The van der Waals surface area contributed by atoms with Crippen molar-refractivity contribution in [3.05, 3.63) is 129 Å². The number of fused-ring (bicyclic) bond motifs is 3. The molecule has 51 heavy (non-hydrogen) atoms. The second-order valence-corrected chi connectivity index (χ2v) is 15.2. The molecule has 0 bridgehead atoms. The molecule has 0 unspecified atom stereocenters. The lowest BCUT2D eigenvalue weighted by Gasteiger charge is -2.36. The SMILES string of the molecule is O=C1c2cc3c(cc2CN1N1C(=O)CCCC1=O)CN(CC1CCN(c2ccc([C@@H]4c5ccc(O)cc5CC[C@@H]4c4ccccc4)cc2)CC1)C3. The van der Waals surface area contributed by atoms with Gasteiger partial charge in [-0.25, -0.2) is 5.01 Å². The highest BCUT2D eigenvalue weighted by Crippen LogP contribution is 2.47. The zero-order valence-corrected chi connectivity index (χ0v) is 29.0. The van der Waals surface area contributed by atoms with E-state index in [0.717, 1.165) is 69.0 Å². The fraction of sp³-hybridized carbons (Fsp3) is 0.372. The van der Waals surface area contributed by atoms with Crippen molar-refractivity contribution in [2.24, 2.45) is 5.92 Å². The van der Waals surface area contributed by atoms with Crippen LogP contribution < -0.4 is 4.90 Å². The van der Waals surface area contributed by atoms with Gasteiger partial charge in [0, 0.05) is 62.7 Å². The van der Waals surface area contributed by atoms with E-state index in [1.165, 1.54) is 44.1 Å². The minimum atomic E-state index is -0.278. The summed E-state index contributed by atoms with van der Waals surface area (Å²) in [7, 11) is 0. The molecule has 260 valence electrons. The number of hydrogen-bond donors (Lipinski definition) is 1. The first-order valence-electron chi connectivity index (χ1n) is 18.7. The number of hydrogen-bond acceptors (Lipinski definition) is 6. The molecule has 0 aromatic heterocycles. The van der Waals surface area contributed by atoms with E-state index in [2.05, 4.69) is 76.5 Å². The van der Waals surface area contributed by atoms with Crippen LogP contribution in [0, 0.1) is 5.92 Å². The van der Waals surface area contributed by atoms with E-state index < -0.39 is 0 Å². The number of carbonyl (C=O) groups excluding carboxylic acids is 3. The Morgan fingerprint density at radius 1 is 0.667 bits per heavy atom. The highest BCUT2D eigenvalue weighted by molar-refractivity contribution is 6.04. The predicted molar refractivity (Wildman–Crippen MR) is 195 cm³/mol. The first-order valence-corrected chi connectivity index (χ1v) is 18.7. The average molecular weight is 681 g/mol. The van der Waals surface area contributed by atoms with Gasteiger partial charge >= 0.3 is 0 Å². The molecule has 5 aliphatic rings. The van der Waals surface area contributed by atoms with Crippen molar-refractivity contribution >= 4 is 23.4 Å². The largest absolute Gasteiger partial charge is 0.508 e. The molecular weight excluding hydrogens is 636 g/mol. The third-order valence-corrected chi connectivity index (χ3v) is 12.1. The molecule has 3 amide bonds. The first kappa shape index (κ1) is 32.0. The van der Waals surface area contributed by atoms with E-state index >= 15 is 0 Å². The van der Waals surface area contributed by atoms with Crippen LogP contribution in [0.3, 0.4) is 0 Å². The zero-order chi connectivity index (χ0) is 34.6. The number of anilines is 1. The third-order valence-electron chi connectivity index (χ3n) is 12.1. The number of imide groups is 1. The fourth-order valence-corrected chi connectivity index (χ4v) is 9.49. The van der Waals surface area contributed by atoms with E-state index in [1.807, 2.05) is 18.2 Å². The van der Waals surface area contributed by atoms with Gasteiger partial charge in [0.2, 0.25) is 11.8 Å². The zero-order valence-electron chi connectivity index (χ0n) is 29.0. The Kier molecular flexibility index (Phi) is 8.14. The number of rotatable bonds is 6. The molecular formula is C43H44N4O4. The summed E-state index contributed by atoms with van der Waals surface area (Å²) < 4.78 is 0. The van der Waals surface area contributed by atoms with Gasteiger partial charge in [0.1, 0.15) is 5.75 Å². The number of nitrogens with zero attached hydrogens (tertiary/aromatic N) is 4. The fourth-order valence-electron chi connectivity index (χ4n) is 9.49. The maximum atomic E-state index is 13.3. The molecule has 1 N–H and O–H groups in total. The molecule has 2 atom stereocenters. The summed E-state index contributed by atoms with van der Waals surface area (Å²) in [6.07, 6.45) is 5.49. The van der Waals surface area contributed by atoms with Crippen molar-refractivity contribution < 1.29 is 19.5 Å². The Bertz CT molecular complexity index is 1990. The summed E-state index contributed by atoms with van der Waals surface area (Å²) in [4.78, 5) is 43.3. The molecule has 2 fully saturated rings. The third kappa shape index (κ3) is 5.89.